The van der Waals surface area contributed by atoms with Crippen molar-refractivity contribution < 1.29 is 20.1 Å². The number of nitrogens with zero attached hydrogens (tertiary/aromatic N) is 1. The average Bonchev–Trinajstić information content (AvgIpc) is 2.74. The van der Waals surface area contributed by atoms with E-state index >= 15 is 0 Å². The number of anilines is 1. The van der Waals surface area contributed by atoms with Crippen LogP contribution in [0.5, 0.6) is 11.5 Å². The fourth-order valence-corrected chi connectivity index (χ4v) is 3.76. The van der Waals surface area contributed by atoms with Crippen LogP contribution in [0.1, 0.15) is 25.3 Å². The molecule has 0 aliphatic heterocycles. The van der Waals surface area contributed by atoms with Gasteiger partial charge in [-0.2, -0.15) is 0 Å². The summed E-state index contributed by atoms with van der Waals surface area (Å²) >= 11 is 0. The Morgan fingerprint density at radius 1 is 1.04 bits per heavy atom. The SMILES string of the molecule is C/C=S(\N)c1cc(CO)cc(N(CCCO)CCCO)c1Oc1ccccc1. The summed E-state index contributed by atoms with van der Waals surface area (Å²) in [4.78, 5) is 2.88. The van der Waals surface area contributed by atoms with Crippen molar-refractivity contribution >= 4 is 21.7 Å². The van der Waals surface area contributed by atoms with Crippen LogP contribution in [-0.2, 0) is 6.61 Å². The number of hydrogen-bond donors (Lipinski definition) is 4. The van der Waals surface area contributed by atoms with Crippen molar-refractivity contribution in [3.05, 3.63) is 48.0 Å². The molecule has 2 rings (SSSR count). The molecular weight excluding hydrogens is 376 g/mol. The Morgan fingerprint density at radius 3 is 2.21 bits per heavy atom. The van der Waals surface area contributed by atoms with Crippen LogP contribution in [0.15, 0.2) is 47.4 Å². The van der Waals surface area contributed by atoms with Gasteiger partial charge < -0.3 is 25.0 Å². The summed E-state index contributed by atoms with van der Waals surface area (Å²) in [6.07, 6.45) is 1.17. The monoisotopic (exact) mass is 406 g/mol. The quantitative estimate of drug-likeness (QED) is 0.428. The van der Waals surface area contributed by atoms with Crippen LogP contribution in [0.4, 0.5) is 5.69 Å². The Labute approximate surface area is 169 Å². The van der Waals surface area contributed by atoms with Crippen molar-refractivity contribution in [2.45, 2.75) is 31.3 Å². The summed E-state index contributed by atoms with van der Waals surface area (Å²) in [6.45, 7) is 3.13. The summed E-state index contributed by atoms with van der Waals surface area (Å²) in [5, 5.41) is 36.6. The lowest BCUT2D eigenvalue weighted by atomic mass is 10.1. The van der Waals surface area contributed by atoms with Gasteiger partial charge in [-0.05, 0) is 55.0 Å². The van der Waals surface area contributed by atoms with Crippen LogP contribution in [0.2, 0.25) is 0 Å². The van der Waals surface area contributed by atoms with Crippen LogP contribution in [0, 0.1) is 0 Å². The van der Waals surface area contributed by atoms with E-state index in [1.807, 2.05) is 54.8 Å². The number of rotatable bonds is 11. The normalized spacial score (nSPS) is 12.2. The fraction of sp³-hybridized carbons (Fsp3) is 0.381. The van der Waals surface area contributed by atoms with E-state index in [2.05, 4.69) is 4.90 Å². The van der Waals surface area contributed by atoms with E-state index in [1.54, 1.807) is 0 Å². The number of aliphatic hydroxyl groups is 3. The minimum atomic E-state index is -0.662. The highest BCUT2D eigenvalue weighted by Gasteiger charge is 2.19. The Morgan fingerprint density at radius 2 is 1.68 bits per heavy atom. The van der Waals surface area contributed by atoms with Crippen LogP contribution in [0.25, 0.3) is 0 Å². The van der Waals surface area contributed by atoms with E-state index in [0.717, 1.165) is 16.1 Å². The maximum absolute atomic E-state index is 9.77. The smallest absolute Gasteiger partial charge is 0.165 e. The summed E-state index contributed by atoms with van der Waals surface area (Å²) < 4.78 is 6.26. The van der Waals surface area contributed by atoms with Crippen LogP contribution < -0.4 is 14.8 Å². The van der Waals surface area contributed by atoms with Gasteiger partial charge in [-0.3, -0.25) is 5.14 Å². The Hall–Kier alpha value is -1.90. The van der Waals surface area contributed by atoms with Crippen LogP contribution >= 0.6 is 10.7 Å². The van der Waals surface area contributed by atoms with Gasteiger partial charge in [0.05, 0.1) is 17.2 Å². The van der Waals surface area contributed by atoms with Crippen LogP contribution in [0.3, 0.4) is 0 Å². The maximum Gasteiger partial charge on any atom is 0.165 e. The largest absolute Gasteiger partial charge is 0.454 e. The lowest BCUT2D eigenvalue weighted by Gasteiger charge is -2.28. The van der Waals surface area contributed by atoms with Crippen molar-refractivity contribution in [3.63, 3.8) is 0 Å². The van der Waals surface area contributed by atoms with Crippen molar-refractivity contribution in [2.24, 2.45) is 5.14 Å². The van der Waals surface area contributed by atoms with Gasteiger partial charge in [0.2, 0.25) is 0 Å². The zero-order chi connectivity index (χ0) is 20.4. The molecule has 0 saturated carbocycles. The standard InChI is InChI=1S/C21H30N2O4S/c1-2-28(22)20-15-17(16-26)14-19(23(10-6-12-24)11-7-13-25)21(20)27-18-8-4-3-5-9-18/h2-5,8-9,14-15,24-26H,6-7,10-13,16,22H2,1H3. The molecule has 2 aromatic carbocycles. The van der Waals surface area contributed by atoms with Gasteiger partial charge in [-0.15, -0.1) is 0 Å². The van der Waals surface area contributed by atoms with Gasteiger partial charge in [0.15, 0.2) is 5.75 Å². The van der Waals surface area contributed by atoms with Gasteiger partial charge in [0.25, 0.3) is 0 Å². The summed E-state index contributed by atoms with van der Waals surface area (Å²) in [7, 11) is -0.662. The summed E-state index contributed by atoms with van der Waals surface area (Å²) in [6, 6.07) is 13.3. The molecule has 0 aromatic heterocycles. The Balaban J connectivity index is 2.60. The maximum atomic E-state index is 9.77. The van der Waals surface area contributed by atoms with Crippen molar-refractivity contribution in [1.82, 2.24) is 0 Å². The number of ether oxygens (including phenoxy) is 1. The molecule has 5 N–H and O–H groups in total. The highest BCUT2D eigenvalue weighted by molar-refractivity contribution is 8.13. The van der Waals surface area contributed by atoms with Crippen LogP contribution in [-0.4, -0.2) is 47.0 Å². The number of aliphatic hydroxyl groups excluding tert-OH is 3. The molecule has 1 atom stereocenters. The third-order valence-corrected chi connectivity index (χ3v) is 5.58. The van der Waals surface area contributed by atoms with Gasteiger partial charge in [0, 0.05) is 26.3 Å². The fourth-order valence-electron chi connectivity index (χ4n) is 2.86. The molecule has 154 valence electrons. The first-order valence-corrected chi connectivity index (χ1v) is 10.7. The number of hydrogen-bond acceptors (Lipinski definition) is 6. The second-order valence-electron chi connectivity index (χ2n) is 6.26. The Kier molecular flexibility index (Phi) is 9.46. The van der Waals surface area contributed by atoms with E-state index in [0.29, 0.717) is 37.4 Å². The molecule has 0 bridgehead atoms. The zero-order valence-electron chi connectivity index (χ0n) is 16.3. The molecule has 0 amide bonds. The summed E-state index contributed by atoms with van der Waals surface area (Å²) in [5.41, 5.74) is 1.55. The predicted octanol–water partition coefficient (Wildman–Crippen LogP) is 2.87. The molecule has 28 heavy (non-hydrogen) atoms. The van der Waals surface area contributed by atoms with E-state index in [1.165, 1.54) is 0 Å². The molecule has 2 aromatic rings. The van der Waals surface area contributed by atoms with Gasteiger partial charge in [-0.25, -0.2) is 0 Å². The third kappa shape index (κ3) is 6.05. The molecule has 0 saturated heterocycles. The second kappa shape index (κ2) is 11.8. The molecule has 0 aliphatic rings. The first-order chi connectivity index (χ1) is 13.6. The number of nitrogens with two attached hydrogens (primary N) is 1. The first-order valence-electron chi connectivity index (χ1n) is 9.38. The predicted molar refractivity (Wildman–Crippen MR) is 116 cm³/mol. The molecule has 0 aliphatic carbocycles. The summed E-state index contributed by atoms with van der Waals surface area (Å²) in [5.74, 6) is 1.34. The molecule has 0 spiro atoms. The van der Waals surface area contributed by atoms with E-state index in [4.69, 9.17) is 9.88 Å². The average molecular weight is 407 g/mol. The van der Waals surface area contributed by atoms with E-state index in [-0.39, 0.29) is 19.8 Å². The van der Waals surface area contributed by atoms with E-state index in [9.17, 15) is 15.3 Å². The molecule has 0 fully saturated rings. The molecule has 0 heterocycles. The van der Waals surface area contributed by atoms with Gasteiger partial charge in [0.1, 0.15) is 5.75 Å². The third-order valence-electron chi connectivity index (χ3n) is 4.26. The lowest BCUT2D eigenvalue weighted by molar-refractivity contribution is 0.279. The highest BCUT2D eigenvalue weighted by Crippen LogP contribution is 2.42. The molecular formula is C21H30N2O4S. The first kappa shape index (κ1) is 22.4. The van der Waals surface area contributed by atoms with Gasteiger partial charge >= 0.3 is 0 Å². The lowest BCUT2D eigenvalue weighted by Crippen LogP contribution is -2.27. The van der Waals surface area contributed by atoms with Gasteiger partial charge in [-0.1, -0.05) is 28.9 Å². The minimum absolute atomic E-state index is 0.0705. The van der Waals surface area contributed by atoms with Crippen molar-refractivity contribution in [1.29, 1.82) is 0 Å². The van der Waals surface area contributed by atoms with Crippen molar-refractivity contribution in [3.8, 4) is 11.5 Å². The number of para-hydroxylation sites is 1. The van der Waals surface area contributed by atoms with Crippen molar-refractivity contribution in [2.75, 3.05) is 31.2 Å². The second-order valence-corrected chi connectivity index (χ2v) is 7.92. The Bertz CT molecular complexity index is 761. The van der Waals surface area contributed by atoms with E-state index < -0.39 is 10.7 Å². The molecule has 7 heteroatoms. The number of benzene rings is 2. The topological polar surface area (TPSA) is 99.2 Å². The zero-order valence-corrected chi connectivity index (χ0v) is 17.1. The molecule has 1 unspecified atom stereocenters. The highest BCUT2D eigenvalue weighted by atomic mass is 32.2. The minimum Gasteiger partial charge on any atom is -0.454 e. The molecule has 6 nitrogen and oxygen atoms in total. The molecule has 0 radical (unpaired) electrons.